The number of rotatable bonds is 3. The highest BCUT2D eigenvalue weighted by atomic mass is 35.5. The summed E-state index contributed by atoms with van der Waals surface area (Å²) in [5.41, 5.74) is 6.46. The van der Waals surface area contributed by atoms with Crippen LogP contribution in [0.5, 0.6) is 5.75 Å². The normalized spacial score (nSPS) is 23.9. The zero-order valence-electron chi connectivity index (χ0n) is 10.6. The van der Waals surface area contributed by atoms with E-state index >= 15 is 0 Å². The summed E-state index contributed by atoms with van der Waals surface area (Å²) in [5.74, 6) is 1.43. The number of benzene rings is 1. The highest BCUT2D eigenvalue weighted by molar-refractivity contribution is 6.42. The van der Waals surface area contributed by atoms with Gasteiger partial charge in [0.25, 0.3) is 0 Å². The van der Waals surface area contributed by atoms with Crippen molar-refractivity contribution in [2.24, 2.45) is 5.92 Å². The molecule has 2 unspecified atom stereocenters. The molecule has 1 aliphatic rings. The summed E-state index contributed by atoms with van der Waals surface area (Å²) >= 11 is 11.9. The molecule has 0 saturated heterocycles. The van der Waals surface area contributed by atoms with Gasteiger partial charge < -0.3 is 10.5 Å². The van der Waals surface area contributed by atoms with Gasteiger partial charge in [0.15, 0.2) is 0 Å². The standard InChI is InChI=1S/C14H19Cl2NO/c1-2-9-4-3-5-10(6-9)18-14-8-12(16)11(15)7-13(14)17/h7-10H,2-6,17H2,1H3. The van der Waals surface area contributed by atoms with E-state index in [9.17, 15) is 0 Å². The van der Waals surface area contributed by atoms with E-state index in [2.05, 4.69) is 6.92 Å². The van der Waals surface area contributed by atoms with Crippen LogP contribution < -0.4 is 10.5 Å². The molecule has 2 N–H and O–H groups in total. The molecule has 18 heavy (non-hydrogen) atoms. The van der Waals surface area contributed by atoms with E-state index in [1.807, 2.05) is 0 Å². The molecule has 1 aromatic rings. The Morgan fingerprint density at radius 3 is 2.72 bits per heavy atom. The van der Waals surface area contributed by atoms with Crippen LogP contribution in [0.1, 0.15) is 39.0 Å². The molecular formula is C14H19Cl2NO. The fourth-order valence-electron chi connectivity index (χ4n) is 2.55. The summed E-state index contributed by atoms with van der Waals surface area (Å²) < 4.78 is 5.99. The Hall–Kier alpha value is -0.600. The van der Waals surface area contributed by atoms with E-state index in [4.69, 9.17) is 33.7 Å². The van der Waals surface area contributed by atoms with Crippen molar-refractivity contribution in [3.63, 3.8) is 0 Å². The fraction of sp³-hybridized carbons (Fsp3) is 0.571. The molecule has 2 nitrogen and oxygen atoms in total. The Labute approximate surface area is 118 Å². The lowest BCUT2D eigenvalue weighted by Crippen LogP contribution is -2.25. The number of halogens is 2. The van der Waals surface area contributed by atoms with Crippen molar-refractivity contribution in [3.05, 3.63) is 22.2 Å². The average Bonchev–Trinajstić information content (AvgIpc) is 2.36. The molecule has 100 valence electrons. The van der Waals surface area contributed by atoms with Crippen molar-refractivity contribution in [3.8, 4) is 5.75 Å². The largest absolute Gasteiger partial charge is 0.488 e. The van der Waals surface area contributed by atoms with Crippen molar-refractivity contribution in [1.82, 2.24) is 0 Å². The van der Waals surface area contributed by atoms with Crippen LogP contribution in [-0.2, 0) is 0 Å². The number of hydrogen-bond acceptors (Lipinski definition) is 2. The molecular weight excluding hydrogens is 269 g/mol. The summed E-state index contributed by atoms with van der Waals surface area (Å²) in [5, 5.41) is 0.959. The molecule has 2 atom stereocenters. The van der Waals surface area contributed by atoms with Gasteiger partial charge in [0.1, 0.15) is 5.75 Å². The number of anilines is 1. The first kappa shape index (κ1) is 13.8. The van der Waals surface area contributed by atoms with E-state index in [0.717, 1.165) is 18.8 Å². The van der Waals surface area contributed by atoms with Gasteiger partial charge in [-0.2, -0.15) is 0 Å². The van der Waals surface area contributed by atoms with Crippen LogP contribution in [0.2, 0.25) is 10.0 Å². The molecule has 1 saturated carbocycles. The summed E-state index contributed by atoms with van der Waals surface area (Å²) in [7, 11) is 0. The lowest BCUT2D eigenvalue weighted by Gasteiger charge is -2.29. The molecule has 1 aromatic carbocycles. The van der Waals surface area contributed by atoms with Gasteiger partial charge in [-0.25, -0.2) is 0 Å². The second kappa shape index (κ2) is 6.03. The monoisotopic (exact) mass is 287 g/mol. The van der Waals surface area contributed by atoms with E-state index in [1.165, 1.54) is 19.3 Å². The number of hydrogen-bond donors (Lipinski definition) is 1. The topological polar surface area (TPSA) is 35.2 Å². The van der Waals surface area contributed by atoms with Gasteiger partial charge in [0.2, 0.25) is 0 Å². The second-order valence-corrected chi connectivity index (χ2v) is 5.80. The number of ether oxygens (including phenoxy) is 1. The Bertz CT molecular complexity index is 423. The average molecular weight is 288 g/mol. The van der Waals surface area contributed by atoms with E-state index in [0.29, 0.717) is 21.5 Å². The minimum absolute atomic E-state index is 0.253. The van der Waals surface area contributed by atoms with Gasteiger partial charge >= 0.3 is 0 Å². The van der Waals surface area contributed by atoms with Crippen LogP contribution in [-0.4, -0.2) is 6.10 Å². The lowest BCUT2D eigenvalue weighted by molar-refractivity contribution is 0.123. The Balaban J connectivity index is 2.07. The number of nitrogens with two attached hydrogens (primary N) is 1. The maximum atomic E-state index is 5.99. The SMILES string of the molecule is CCC1CCCC(Oc2cc(Cl)c(Cl)cc2N)C1. The van der Waals surface area contributed by atoms with Gasteiger partial charge in [-0.3, -0.25) is 0 Å². The smallest absolute Gasteiger partial charge is 0.144 e. The number of nitrogen functional groups attached to an aromatic ring is 1. The zero-order chi connectivity index (χ0) is 13.1. The quantitative estimate of drug-likeness (QED) is 0.801. The Morgan fingerprint density at radius 1 is 1.28 bits per heavy atom. The molecule has 0 aliphatic heterocycles. The predicted molar refractivity (Wildman–Crippen MR) is 77.5 cm³/mol. The minimum atomic E-state index is 0.253. The van der Waals surface area contributed by atoms with Crippen molar-refractivity contribution in [2.45, 2.75) is 45.1 Å². The van der Waals surface area contributed by atoms with E-state index in [-0.39, 0.29) is 6.10 Å². The fourth-order valence-corrected chi connectivity index (χ4v) is 2.87. The third-order valence-electron chi connectivity index (χ3n) is 3.66. The third kappa shape index (κ3) is 3.24. The van der Waals surface area contributed by atoms with Crippen molar-refractivity contribution < 1.29 is 4.74 Å². The molecule has 0 radical (unpaired) electrons. The van der Waals surface area contributed by atoms with Crippen LogP contribution in [0.15, 0.2) is 12.1 Å². The van der Waals surface area contributed by atoms with Crippen LogP contribution in [0, 0.1) is 5.92 Å². The second-order valence-electron chi connectivity index (χ2n) is 4.98. The van der Waals surface area contributed by atoms with Gasteiger partial charge in [0.05, 0.1) is 21.8 Å². The first-order valence-corrected chi connectivity index (χ1v) is 7.27. The third-order valence-corrected chi connectivity index (χ3v) is 4.38. The molecule has 2 rings (SSSR count). The van der Waals surface area contributed by atoms with Crippen LogP contribution >= 0.6 is 23.2 Å². The first-order valence-electron chi connectivity index (χ1n) is 6.51. The lowest BCUT2D eigenvalue weighted by atomic mass is 9.85. The summed E-state index contributed by atoms with van der Waals surface area (Å²) in [6.07, 6.45) is 6.21. The van der Waals surface area contributed by atoms with Gasteiger partial charge in [-0.1, -0.05) is 43.0 Å². The molecule has 0 amide bonds. The van der Waals surface area contributed by atoms with Crippen molar-refractivity contribution >= 4 is 28.9 Å². The van der Waals surface area contributed by atoms with Gasteiger partial charge in [-0.05, 0) is 31.2 Å². The van der Waals surface area contributed by atoms with E-state index in [1.54, 1.807) is 12.1 Å². The molecule has 1 aliphatic carbocycles. The van der Waals surface area contributed by atoms with Crippen LogP contribution in [0.3, 0.4) is 0 Å². The summed E-state index contributed by atoms with van der Waals surface area (Å²) in [6.45, 7) is 2.24. The highest BCUT2D eigenvalue weighted by Crippen LogP contribution is 2.35. The van der Waals surface area contributed by atoms with E-state index < -0.39 is 0 Å². The minimum Gasteiger partial charge on any atom is -0.488 e. The molecule has 1 fully saturated rings. The van der Waals surface area contributed by atoms with Gasteiger partial charge in [-0.15, -0.1) is 0 Å². The molecule has 4 heteroatoms. The maximum Gasteiger partial charge on any atom is 0.144 e. The first-order chi connectivity index (χ1) is 8.60. The summed E-state index contributed by atoms with van der Waals surface area (Å²) in [6, 6.07) is 3.37. The Morgan fingerprint density at radius 2 is 2.00 bits per heavy atom. The summed E-state index contributed by atoms with van der Waals surface area (Å²) in [4.78, 5) is 0. The predicted octanol–water partition coefficient (Wildman–Crippen LogP) is 4.92. The molecule has 0 bridgehead atoms. The van der Waals surface area contributed by atoms with Crippen molar-refractivity contribution in [1.29, 1.82) is 0 Å². The maximum absolute atomic E-state index is 5.99. The molecule has 0 spiro atoms. The van der Waals surface area contributed by atoms with Crippen LogP contribution in [0.4, 0.5) is 5.69 Å². The zero-order valence-corrected chi connectivity index (χ0v) is 12.1. The van der Waals surface area contributed by atoms with Gasteiger partial charge in [0, 0.05) is 6.07 Å². The van der Waals surface area contributed by atoms with Crippen LogP contribution in [0.25, 0.3) is 0 Å². The highest BCUT2D eigenvalue weighted by Gasteiger charge is 2.22. The molecule has 0 aromatic heterocycles. The molecule has 0 heterocycles. The Kier molecular flexibility index (Phi) is 4.63. The van der Waals surface area contributed by atoms with Crippen molar-refractivity contribution in [2.75, 3.05) is 5.73 Å².